The molecule has 1 aromatic carbocycles. The molecule has 1 aromatic rings. The van der Waals surface area contributed by atoms with Gasteiger partial charge in [0.15, 0.2) is 0 Å². The van der Waals surface area contributed by atoms with Crippen molar-refractivity contribution in [1.82, 2.24) is 10.6 Å². The summed E-state index contributed by atoms with van der Waals surface area (Å²) in [4.78, 5) is 0. The fourth-order valence-corrected chi connectivity index (χ4v) is 2.36. The maximum absolute atomic E-state index is 8.67. The van der Waals surface area contributed by atoms with E-state index in [0.29, 0.717) is 0 Å². The fraction of sp³-hybridized carbons (Fsp3) is 0.652. The molecule has 0 saturated carbocycles. The Labute approximate surface area is 173 Å². The Kier molecular flexibility index (Phi) is 24.3. The van der Waals surface area contributed by atoms with Gasteiger partial charge in [-0.2, -0.15) is 0 Å². The standard InChI is InChI=1S/C15H26N2O.C4H9NO.C2H6.C2H4/c1-14-6-8-15(9-7-14)18-13-5-12-17-11-4-2-3-10-16;6-4-1-2-5-3-4;2*1-2/h6-9,17H,2-5,10-13,16H2,1H3;4-6H,1-3H2;1-2H3;1-2H2/t;4-;;/m.1../s1. The molecule has 28 heavy (non-hydrogen) atoms. The molecule has 0 unspecified atom stereocenters. The van der Waals surface area contributed by atoms with E-state index < -0.39 is 0 Å². The summed E-state index contributed by atoms with van der Waals surface area (Å²) in [6, 6.07) is 8.20. The third kappa shape index (κ3) is 19.4. The van der Waals surface area contributed by atoms with Crippen molar-refractivity contribution in [2.75, 3.05) is 39.3 Å². The van der Waals surface area contributed by atoms with Crippen molar-refractivity contribution >= 4 is 0 Å². The van der Waals surface area contributed by atoms with E-state index in [1.54, 1.807) is 0 Å². The Bertz CT molecular complexity index is 407. The lowest BCUT2D eigenvalue weighted by molar-refractivity contribution is 0.196. The molecule has 1 atom stereocenters. The van der Waals surface area contributed by atoms with Crippen molar-refractivity contribution < 1.29 is 9.84 Å². The molecule has 5 heteroatoms. The van der Waals surface area contributed by atoms with Crippen LogP contribution in [0.15, 0.2) is 37.4 Å². The van der Waals surface area contributed by atoms with E-state index in [0.717, 1.165) is 64.3 Å². The minimum atomic E-state index is -0.0648. The van der Waals surface area contributed by atoms with Crippen molar-refractivity contribution in [2.24, 2.45) is 5.73 Å². The first-order valence-corrected chi connectivity index (χ1v) is 10.7. The lowest BCUT2D eigenvalue weighted by atomic mass is 10.2. The van der Waals surface area contributed by atoms with Gasteiger partial charge in [-0.1, -0.05) is 38.0 Å². The van der Waals surface area contributed by atoms with Gasteiger partial charge in [0.25, 0.3) is 0 Å². The first-order chi connectivity index (χ1) is 13.7. The minimum absolute atomic E-state index is 0.0648. The first-order valence-electron chi connectivity index (χ1n) is 10.7. The van der Waals surface area contributed by atoms with Crippen molar-refractivity contribution in [1.29, 1.82) is 0 Å². The number of benzene rings is 1. The molecule has 1 fully saturated rings. The van der Waals surface area contributed by atoms with E-state index in [9.17, 15) is 0 Å². The second kappa shape index (κ2) is 23.6. The molecule has 0 spiro atoms. The summed E-state index contributed by atoms with van der Waals surface area (Å²) in [6.45, 7) is 17.6. The molecule has 0 aromatic heterocycles. The van der Waals surface area contributed by atoms with Gasteiger partial charge in [0.05, 0.1) is 12.7 Å². The molecular formula is C23H45N3O2. The molecule has 5 N–H and O–H groups in total. The van der Waals surface area contributed by atoms with Gasteiger partial charge in [-0.05, 0) is 70.9 Å². The van der Waals surface area contributed by atoms with Crippen LogP contribution in [0.5, 0.6) is 5.75 Å². The Balaban J connectivity index is 0. The lowest BCUT2D eigenvalue weighted by Crippen LogP contribution is -2.18. The van der Waals surface area contributed by atoms with Crippen molar-refractivity contribution in [2.45, 2.75) is 59.0 Å². The molecule has 1 aliphatic heterocycles. The quantitative estimate of drug-likeness (QED) is 0.359. The van der Waals surface area contributed by atoms with Gasteiger partial charge in [-0.25, -0.2) is 0 Å². The number of ether oxygens (including phenoxy) is 1. The minimum Gasteiger partial charge on any atom is -0.494 e. The lowest BCUT2D eigenvalue weighted by Gasteiger charge is -2.07. The van der Waals surface area contributed by atoms with Crippen LogP contribution < -0.4 is 21.1 Å². The van der Waals surface area contributed by atoms with Gasteiger partial charge < -0.3 is 26.2 Å². The SMILES string of the molecule is C=C.CC.Cc1ccc(OCCCNCCCCCN)cc1.O[C@@H]1CCNC1. The van der Waals surface area contributed by atoms with Gasteiger partial charge in [0.2, 0.25) is 0 Å². The van der Waals surface area contributed by atoms with E-state index in [-0.39, 0.29) is 6.10 Å². The van der Waals surface area contributed by atoms with E-state index in [4.69, 9.17) is 15.6 Å². The highest BCUT2D eigenvalue weighted by atomic mass is 16.5. The highest BCUT2D eigenvalue weighted by molar-refractivity contribution is 5.26. The molecule has 0 bridgehead atoms. The topological polar surface area (TPSA) is 79.5 Å². The number of aliphatic hydroxyl groups is 1. The van der Waals surface area contributed by atoms with E-state index in [1.165, 1.54) is 18.4 Å². The van der Waals surface area contributed by atoms with Crippen molar-refractivity contribution in [3.05, 3.63) is 43.0 Å². The molecular weight excluding hydrogens is 350 g/mol. The Hall–Kier alpha value is -1.40. The summed E-state index contributed by atoms with van der Waals surface area (Å²) in [5, 5.41) is 15.1. The third-order valence-corrected chi connectivity index (χ3v) is 3.88. The van der Waals surface area contributed by atoms with Gasteiger partial charge >= 0.3 is 0 Å². The Morgan fingerprint density at radius 3 is 2.25 bits per heavy atom. The van der Waals surface area contributed by atoms with Gasteiger partial charge in [0, 0.05) is 6.54 Å². The number of β-amino-alcohol motifs (C(OH)–C–C–N with tert-alkyl or cyclic N) is 1. The largest absolute Gasteiger partial charge is 0.494 e. The molecule has 0 radical (unpaired) electrons. The predicted molar refractivity (Wildman–Crippen MR) is 123 cm³/mol. The Morgan fingerprint density at radius 1 is 1.11 bits per heavy atom. The Morgan fingerprint density at radius 2 is 1.75 bits per heavy atom. The van der Waals surface area contributed by atoms with E-state index >= 15 is 0 Å². The normalized spacial score (nSPS) is 14.5. The summed E-state index contributed by atoms with van der Waals surface area (Å²) < 4.78 is 5.65. The van der Waals surface area contributed by atoms with Crippen molar-refractivity contribution in [3.8, 4) is 5.75 Å². The van der Waals surface area contributed by atoms with Crippen LogP contribution in [-0.2, 0) is 0 Å². The average Bonchev–Trinajstić information content (AvgIpc) is 3.22. The molecule has 0 amide bonds. The van der Waals surface area contributed by atoms with Crippen LogP contribution in [-0.4, -0.2) is 50.5 Å². The van der Waals surface area contributed by atoms with Crippen LogP contribution in [0.2, 0.25) is 0 Å². The highest BCUT2D eigenvalue weighted by Gasteiger charge is 2.08. The highest BCUT2D eigenvalue weighted by Crippen LogP contribution is 2.11. The van der Waals surface area contributed by atoms with Gasteiger partial charge in [-0.3, -0.25) is 0 Å². The van der Waals surface area contributed by atoms with Crippen LogP contribution in [0, 0.1) is 6.92 Å². The number of nitrogens with one attached hydrogen (secondary N) is 2. The van der Waals surface area contributed by atoms with E-state index in [1.807, 2.05) is 26.0 Å². The van der Waals surface area contributed by atoms with Gasteiger partial charge in [-0.15, -0.1) is 13.2 Å². The summed E-state index contributed by atoms with van der Waals surface area (Å²) in [5.41, 5.74) is 6.70. The molecule has 5 nitrogen and oxygen atoms in total. The summed E-state index contributed by atoms with van der Waals surface area (Å²) in [7, 11) is 0. The zero-order chi connectivity index (χ0) is 21.5. The maximum atomic E-state index is 8.67. The monoisotopic (exact) mass is 395 g/mol. The van der Waals surface area contributed by atoms with Crippen molar-refractivity contribution in [3.63, 3.8) is 0 Å². The molecule has 0 aliphatic carbocycles. The molecule has 1 aliphatic rings. The van der Waals surface area contributed by atoms with E-state index in [2.05, 4.69) is 42.8 Å². The van der Waals surface area contributed by atoms with Crippen LogP contribution in [0.1, 0.15) is 51.5 Å². The maximum Gasteiger partial charge on any atom is 0.119 e. The van der Waals surface area contributed by atoms with Gasteiger partial charge in [0.1, 0.15) is 5.75 Å². The number of rotatable bonds is 10. The zero-order valence-corrected chi connectivity index (χ0v) is 18.5. The smallest absolute Gasteiger partial charge is 0.119 e. The summed E-state index contributed by atoms with van der Waals surface area (Å²) >= 11 is 0. The first kappa shape index (κ1) is 28.8. The fourth-order valence-electron chi connectivity index (χ4n) is 2.36. The number of hydrogen-bond acceptors (Lipinski definition) is 5. The molecule has 2 rings (SSSR count). The predicted octanol–water partition coefficient (Wildman–Crippen LogP) is 3.65. The average molecular weight is 396 g/mol. The second-order valence-corrected chi connectivity index (χ2v) is 6.26. The second-order valence-electron chi connectivity index (χ2n) is 6.26. The third-order valence-electron chi connectivity index (χ3n) is 3.88. The number of nitrogens with two attached hydrogens (primary N) is 1. The number of hydrogen-bond donors (Lipinski definition) is 4. The van der Waals surface area contributed by atoms with Crippen LogP contribution in [0.4, 0.5) is 0 Å². The zero-order valence-electron chi connectivity index (χ0n) is 18.5. The number of aliphatic hydroxyl groups excluding tert-OH is 1. The molecule has 1 heterocycles. The number of unbranched alkanes of at least 4 members (excludes halogenated alkanes) is 2. The number of aryl methyl sites for hydroxylation is 1. The van der Waals surface area contributed by atoms with Crippen LogP contribution in [0.3, 0.4) is 0 Å². The molecule has 1 saturated heterocycles. The summed E-state index contributed by atoms with van der Waals surface area (Å²) in [6.07, 6.45) is 5.49. The molecule has 164 valence electrons. The van der Waals surface area contributed by atoms with Crippen LogP contribution in [0.25, 0.3) is 0 Å². The van der Waals surface area contributed by atoms with Crippen LogP contribution >= 0.6 is 0 Å². The summed E-state index contributed by atoms with van der Waals surface area (Å²) in [5.74, 6) is 0.962.